The molecule has 0 radical (unpaired) electrons. The quantitative estimate of drug-likeness (QED) is 0.555. The lowest BCUT2D eigenvalue weighted by molar-refractivity contribution is 0.102. The Morgan fingerprint density at radius 2 is 1.81 bits per heavy atom. The number of nitrogens with one attached hydrogen (secondary N) is 1. The molecule has 0 aliphatic rings. The fraction of sp³-hybridized carbons (Fsp3) is 0.143. The lowest BCUT2D eigenvalue weighted by atomic mass is 10.1. The molecule has 3 N–H and O–H groups in total. The Kier molecular flexibility index (Phi) is 4.51. The normalized spacial score (nSPS) is 11.1. The minimum Gasteiger partial charge on any atom is -0.325 e. The number of nitrogens with two attached hydrogens (primary N) is 1. The largest absolute Gasteiger partial charge is 0.325 e. The molecule has 0 unspecified atom stereocenters. The lowest BCUT2D eigenvalue weighted by Gasteiger charge is -2.06. The van der Waals surface area contributed by atoms with Crippen LogP contribution in [0.1, 0.15) is 26.6 Å². The van der Waals surface area contributed by atoms with Crippen molar-refractivity contribution in [2.45, 2.75) is 20.4 Å². The Morgan fingerprint density at radius 3 is 2.48 bits per heavy atom. The number of para-hydroxylation sites is 1. The van der Waals surface area contributed by atoms with Gasteiger partial charge in [0.15, 0.2) is 4.96 Å². The zero-order valence-electron chi connectivity index (χ0n) is 15.2. The van der Waals surface area contributed by atoms with Crippen LogP contribution in [0.4, 0.5) is 5.69 Å². The summed E-state index contributed by atoms with van der Waals surface area (Å²) in [5.41, 5.74) is 11.7. The van der Waals surface area contributed by atoms with E-state index in [0.717, 1.165) is 33.3 Å². The number of imidazole rings is 1. The summed E-state index contributed by atoms with van der Waals surface area (Å²) in [6.45, 7) is 4.34. The van der Waals surface area contributed by atoms with Crippen LogP contribution in [0, 0.1) is 13.8 Å². The average molecular weight is 376 g/mol. The van der Waals surface area contributed by atoms with Gasteiger partial charge in [0.25, 0.3) is 5.91 Å². The number of hydrogen-bond donors (Lipinski definition) is 2. The number of fused-ring (bicyclic) bond motifs is 1. The SMILES string of the molecule is Cc1ccc(-c2nc3sc(C(=O)Nc4ccccc4)c(C)n3c2CN)cc1. The molecule has 27 heavy (non-hydrogen) atoms. The van der Waals surface area contributed by atoms with Crippen LogP contribution in [0.15, 0.2) is 54.6 Å². The van der Waals surface area contributed by atoms with Crippen LogP contribution >= 0.6 is 11.3 Å². The van der Waals surface area contributed by atoms with Crippen LogP contribution < -0.4 is 11.1 Å². The van der Waals surface area contributed by atoms with Crippen molar-refractivity contribution in [1.29, 1.82) is 0 Å². The standard InChI is InChI=1S/C21H20N4OS/c1-13-8-10-15(11-9-13)18-17(12-22)25-14(2)19(27-21(25)24-18)20(26)23-16-6-4-3-5-7-16/h3-11H,12,22H2,1-2H3,(H,23,26). The summed E-state index contributed by atoms with van der Waals surface area (Å²) in [7, 11) is 0. The number of benzene rings is 2. The highest BCUT2D eigenvalue weighted by Gasteiger charge is 2.22. The van der Waals surface area contributed by atoms with Gasteiger partial charge in [-0.2, -0.15) is 0 Å². The minimum absolute atomic E-state index is 0.131. The molecule has 5 nitrogen and oxygen atoms in total. The van der Waals surface area contributed by atoms with E-state index in [1.807, 2.05) is 41.7 Å². The van der Waals surface area contributed by atoms with Gasteiger partial charge in [-0.1, -0.05) is 59.4 Å². The second-order valence-corrected chi connectivity index (χ2v) is 7.41. The molecule has 0 spiro atoms. The van der Waals surface area contributed by atoms with E-state index in [1.54, 1.807) is 0 Å². The Bertz CT molecular complexity index is 1110. The Balaban J connectivity index is 1.75. The summed E-state index contributed by atoms with van der Waals surface area (Å²) in [4.78, 5) is 18.9. The van der Waals surface area contributed by atoms with E-state index >= 15 is 0 Å². The first-order valence-corrected chi connectivity index (χ1v) is 9.54. The van der Waals surface area contributed by atoms with E-state index in [2.05, 4.69) is 36.5 Å². The van der Waals surface area contributed by atoms with Gasteiger partial charge in [0.1, 0.15) is 4.88 Å². The summed E-state index contributed by atoms with van der Waals surface area (Å²) in [6.07, 6.45) is 0. The van der Waals surface area contributed by atoms with Crippen molar-refractivity contribution in [1.82, 2.24) is 9.38 Å². The highest BCUT2D eigenvalue weighted by Crippen LogP contribution is 2.31. The van der Waals surface area contributed by atoms with E-state index in [1.165, 1.54) is 16.9 Å². The molecule has 136 valence electrons. The third kappa shape index (κ3) is 3.13. The highest BCUT2D eigenvalue weighted by atomic mass is 32.1. The van der Waals surface area contributed by atoms with Crippen LogP contribution in [0.5, 0.6) is 0 Å². The van der Waals surface area contributed by atoms with Crippen molar-refractivity contribution in [3.05, 3.63) is 76.4 Å². The van der Waals surface area contributed by atoms with E-state index in [-0.39, 0.29) is 5.91 Å². The second-order valence-electron chi connectivity index (χ2n) is 6.43. The van der Waals surface area contributed by atoms with Gasteiger partial charge in [-0.05, 0) is 26.0 Å². The van der Waals surface area contributed by atoms with Gasteiger partial charge < -0.3 is 11.1 Å². The van der Waals surface area contributed by atoms with Crippen molar-refractivity contribution in [2.24, 2.45) is 5.73 Å². The molecule has 2 aromatic carbocycles. The van der Waals surface area contributed by atoms with Gasteiger partial charge in [0, 0.05) is 23.5 Å². The number of hydrogen-bond acceptors (Lipinski definition) is 4. The number of carbonyl (C=O) groups excluding carboxylic acids is 1. The molecule has 1 amide bonds. The van der Waals surface area contributed by atoms with Crippen LogP contribution in [-0.4, -0.2) is 15.3 Å². The molecule has 0 saturated carbocycles. The van der Waals surface area contributed by atoms with Crippen LogP contribution in [0.25, 0.3) is 16.2 Å². The third-order valence-electron chi connectivity index (χ3n) is 4.56. The molecule has 2 heterocycles. The van der Waals surface area contributed by atoms with E-state index in [4.69, 9.17) is 10.7 Å². The predicted molar refractivity (Wildman–Crippen MR) is 110 cm³/mol. The Morgan fingerprint density at radius 1 is 1.11 bits per heavy atom. The second kappa shape index (κ2) is 6.98. The van der Waals surface area contributed by atoms with Gasteiger partial charge in [-0.15, -0.1) is 0 Å². The molecular weight excluding hydrogens is 356 g/mol. The summed E-state index contributed by atoms with van der Waals surface area (Å²) < 4.78 is 2.00. The van der Waals surface area contributed by atoms with Gasteiger partial charge in [-0.25, -0.2) is 4.98 Å². The van der Waals surface area contributed by atoms with Crippen LogP contribution in [0.3, 0.4) is 0 Å². The molecule has 6 heteroatoms. The van der Waals surface area contributed by atoms with Crippen molar-refractivity contribution in [2.75, 3.05) is 5.32 Å². The van der Waals surface area contributed by atoms with Crippen molar-refractivity contribution in [3.8, 4) is 11.3 Å². The Labute approximate surface area is 161 Å². The number of anilines is 1. The maximum Gasteiger partial charge on any atom is 0.267 e. The highest BCUT2D eigenvalue weighted by molar-refractivity contribution is 7.19. The predicted octanol–water partition coefficient (Wildman–Crippen LogP) is 4.39. The zero-order chi connectivity index (χ0) is 19.0. The maximum atomic E-state index is 12.7. The van der Waals surface area contributed by atoms with E-state index in [0.29, 0.717) is 11.4 Å². The number of aromatic nitrogens is 2. The maximum absolute atomic E-state index is 12.7. The number of rotatable bonds is 4. The molecule has 4 aromatic rings. The van der Waals surface area contributed by atoms with Crippen molar-refractivity contribution >= 4 is 27.9 Å². The molecule has 0 bridgehead atoms. The first-order chi connectivity index (χ1) is 13.1. The topological polar surface area (TPSA) is 72.4 Å². The fourth-order valence-electron chi connectivity index (χ4n) is 3.16. The van der Waals surface area contributed by atoms with E-state index < -0.39 is 0 Å². The number of thiazole rings is 1. The molecule has 0 aliphatic carbocycles. The first kappa shape index (κ1) is 17.5. The van der Waals surface area contributed by atoms with E-state index in [9.17, 15) is 4.79 Å². The molecule has 0 atom stereocenters. The van der Waals surface area contributed by atoms with Gasteiger partial charge in [0.05, 0.1) is 11.4 Å². The molecule has 0 fully saturated rings. The van der Waals surface area contributed by atoms with Crippen LogP contribution in [-0.2, 0) is 6.54 Å². The summed E-state index contributed by atoms with van der Waals surface area (Å²) in [6, 6.07) is 17.7. The number of aryl methyl sites for hydroxylation is 2. The van der Waals surface area contributed by atoms with Gasteiger partial charge in [-0.3, -0.25) is 9.20 Å². The Hall–Kier alpha value is -2.96. The third-order valence-corrected chi connectivity index (χ3v) is 5.70. The van der Waals surface area contributed by atoms with Crippen molar-refractivity contribution in [3.63, 3.8) is 0 Å². The molecule has 2 aromatic heterocycles. The number of amides is 1. The fourth-order valence-corrected chi connectivity index (χ4v) is 4.20. The van der Waals surface area contributed by atoms with Gasteiger partial charge in [0.2, 0.25) is 0 Å². The summed E-state index contributed by atoms with van der Waals surface area (Å²) in [5.74, 6) is -0.131. The molecule has 0 aliphatic heterocycles. The van der Waals surface area contributed by atoms with Gasteiger partial charge >= 0.3 is 0 Å². The monoisotopic (exact) mass is 376 g/mol. The van der Waals surface area contributed by atoms with Crippen molar-refractivity contribution < 1.29 is 4.79 Å². The number of carbonyl (C=O) groups is 1. The zero-order valence-corrected chi connectivity index (χ0v) is 16.0. The molecular formula is C21H20N4OS. The summed E-state index contributed by atoms with van der Waals surface area (Å²) >= 11 is 1.38. The smallest absolute Gasteiger partial charge is 0.267 e. The molecule has 0 saturated heterocycles. The minimum atomic E-state index is -0.131. The first-order valence-electron chi connectivity index (χ1n) is 8.72. The average Bonchev–Trinajstić information content (AvgIpc) is 3.20. The number of nitrogens with zero attached hydrogens (tertiary/aromatic N) is 2. The van der Waals surface area contributed by atoms with Crippen LogP contribution in [0.2, 0.25) is 0 Å². The summed E-state index contributed by atoms with van der Waals surface area (Å²) in [5, 5.41) is 2.94. The molecule has 4 rings (SSSR count). The lowest BCUT2D eigenvalue weighted by Crippen LogP contribution is -2.12.